The zero-order valence-electron chi connectivity index (χ0n) is 10.4. The van der Waals surface area contributed by atoms with Crippen LogP contribution in [0.3, 0.4) is 0 Å². The van der Waals surface area contributed by atoms with Gasteiger partial charge in [-0.1, -0.05) is 12.1 Å². The Morgan fingerprint density at radius 3 is 2.72 bits per heavy atom. The van der Waals surface area contributed by atoms with E-state index in [9.17, 15) is 4.79 Å². The number of carbonyl (C=O) groups is 1. The standard InChI is InChI=1S/C14H15N3O/c1-9-5-6-11(12(15)8-9)14(18)17-13-10(2)4-3-7-16-13/h3-8H,15H2,1-2H3,(H,16,17,18). The van der Waals surface area contributed by atoms with Gasteiger partial charge in [0.2, 0.25) is 0 Å². The summed E-state index contributed by atoms with van der Waals surface area (Å²) in [4.78, 5) is 16.2. The van der Waals surface area contributed by atoms with Crippen LogP contribution in [0.4, 0.5) is 11.5 Å². The number of carbonyl (C=O) groups excluding carboxylic acids is 1. The van der Waals surface area contributed by atoms with Crippen LogP contribution in [0.1, 0.15) is 21.5 Å². The molecule has 1 aromatic heterocycles. The van der Waals surface area contributed by atoms with Crippen LogP contribution < -0.4 is 11.1 Å². The number of amides is 1. The molecule has 4 heteroatoms. The van der Waals surface area contributed by atoms with E-state index in [4.69, 9.17) is 5.73 Å². The van der Waals surface area contributed by atoms with Gasteiger partial charge >= 0.3 is 0 Å². The Bertz CT molecular complexity index is 593. The second-order valence-electron chi connectivity index (χ2n) is 4.21. The lowest BCUT2D eigenvalue weighted by Gasteiger charge is -2.09. The van der Waals surface area contributed by atoms with E-state index >= 15 is 0 Å². The van der Waals surface area contributed by atoms with E-state index in [1.807, 2.05) is 32.0 Å². The summed E-state index contributed by atoms with van der Waals surface area (Å²) in [5, 5.41) is 2.76. The highest BCUT2D eigenvalue weighted by atomic mass is 16.1. The molecule has 0 unspecified atom stereocenters. The summed E-state index contributed by atoms with van der Waals surface area (Å²) in [6.45, 7) is 3.82. The third-order valence-corrected chi connectivity index (χ3v) is 2.69. The van der Waals surface area contributed by atoms with E-state index < -0.39 is 0 Å². The van der Waals surface area contributed by atoms with Crippen molar-refractivity contribution in [1.29, 1.82) is 0 Å². The number of hydrogen-bond donors (Lipinski definition) is 2. The van der Waals surface area contributed by atoms with Crippen LogP contribution >= 0.6 is 0 Å². The van der Waals surface area contributed by atoms with Crippen LogP contribution in [-0.2, 0) is 0 Å². The van der Waals surface area contributed by atoms with Crippen LogP contribution in [0.5, 0.6) is 0 Å². The molecule has 0 aliphatic carbocycles. The lowest BCUT2D eigenvalue weighted by atomic mass is 10.1. The molecule has 0 fully saturated rings. The maximum absolute atomic E-state index is 12.1. The number of aryl methyl sites for hydroxylation is 2. The minimum atomic E-state index is -0.241. The molecular formula is C14H15N3O. The SMILES string of the molecule is Cc1ccc(C(=O)Nc2ncccc2C)c(N)c1. The molecule has 4 nitrogen and oxygen atoms in total. The first-order valence-corrected chi connectivity index (χ1v) is 5.67. The van der Waals surface area contributed by atoms with Gasteiger partial charge in [-0.05, 0) is 43.2 Å². The molecule has 2 aromatic rings. The quantitative estimate of drug-likeness (QED) is 0.794. The van der Waals surface area contributed by atoms with Gasteiger partial charge in [0.15, 0.2) is 0 Å². The fourth-order valence-electron chi connectivity index (χ4n) is 1.68. The molecule has 0 aliphatic heterocycles. The molecular weight excluding hydrogens is 226 g/mol. The predicted molar refractivity (Wildman–Crippen MR) is 72.5 cm³/mol. The maximum atomic E-state index is 12.1. The molecule has 0 spiro atoms. The number of nitrogens with zero attached hydrogens (tertiary/aromatic N) is 1. The van der Waals surface area contributed by atoms with Crippen molar-refractivity contribution < 1.29 is 4.79 Å². The lowest BCUT2D eigenvalue weighted by Crippen LogP contribution is -2.15. The van der Waals surface area contributed by atoms with Crippen LogP contribution in [0, 0.1) is 13.8 Å². The Kier molecular flexibility index (Phi) is 3.28. The normalized spacial score (nSPS) is 10.1. The molecule has 92 valence electrons. The summed E-state index contributed by atoms with van der Waals surface area (Å²) < 4.78 is 0. The Balaban J connectivity index is 2.25. The van der Waals surface area contributed by atoms with Crippen molar-refractivity contribution >= 4 is 17.4 Å². The molecule has 18 heavy (non-hydrogen) atoms. The third kappa shape index (κ3) is 2.48. The van der Waals surface area contributed by atoms with E-state index in [1.54, 1.807) is 18.3 Å². The summed E-state index contributed by atoms with van der Waals surface area (Å²) in [6, 6.07) is 9.07. The van der Waals surface area contributed by atoms with E-state index in [-0.39, 0.29) is 5.91 Å². The van der Waals surface area contributed by atoms with Crippen molar-refractivity contribution in [3.63, 3.8) is 0 Å². The number of hydrogen-bond acceptors (Lipinski definition) is 3. The molecule has 0 radical (unpaired) electrons. The van der Waals surface area contributed by atoms with Gasteiger partial charge in [-0.15, -0.1) is 0 Å². The largest absolute Gasteiger partial charge is 0.398 e. The average Bonchev–Trinajstić information content (AvgIpc) is 2.32. The molecule has 0 saturated heterocycles. The van der Waals surface area contributed by atoms with Crippen LogP contribution in [0.25, 0.3) is 0 Å². The van der Waals surface area contributed by atoms with Gasteiger partial charge in [0.25, 0.3) is 5.91 Å². The first kappa shape index (κ1) is 12.1. The number of benzene rings is 1. The molecule has 0 saturated carbocycles. The number of nitrogens with two attached hydrogens (primary N) is 1. The number of pyridine rings is 1. The van der Waals surface area contributed by atoms with E-state index in [0.717, 1.165) is 11.1 Å². The number of rotatable bonds is 2. The predicted octanol–water partition coefficient (Wildman–Crippen LogP) is 2.53. The lowest BCUT2D eigenvalue weighted by molar-refractivity contribution is 0.102. The summed E-state index contributed by atoms with van der Waals surface area (Å²) >= 11 is 0. The second-order valence-corrected chi connectivity index (χ2v) is 4.21. The van der Waals surface area contributed by atoms with Gasteiger partial charge in [0, 0.05) is 11.9 Å². The fourth-order valence-corrected chi connectivity index (χ4v) is 1.68. The summed E-state index contributed by atoms with van der Waals surface area (Å²) in [5.41, 5.74) is 8.71. The van der Waals surface area contributed by atoms with Crippen molar-refractivity contribution in [3.8, 4) is 0 Å². The van der Waals surface area contributed by atoms with Crippen molar-refractivity contribution in [2.45, 2.75) is 13.8 Å². The highest BCUT2D eigenvalue weighted by Crippen LogP contribution is 2.16. The summed E-state index contributed by atoms with van der Waals surface area (Å²) in [7, 11) is 0. The Morgan fingerprint density at radius 2 is 2.06 bits per heavy atom. The number of aromatic nitrogens is 1. The Hall–Kier alpha value is -2.36. The van der Waals surface area contributed by atoms with Crippen molar-refractivity contribution in [2.75, 3.05) is 11.1 Å². The van der Waals surface area contributed by atoms with Gasteiger partial charge in [0.1, 0.15) is 5.82 Å². The topological polar surface area (TPSA) is 68.0 Å². The second kappa shape index (κ2) is 4.87. The first-order chi connectivity index (χ1) is 8.58. The van der Waals surface area contributed by atoms with Crippen LogP contribution in [0.15, 0.2) is 36.5 Å². The van der Waals surface area contributed by atoms with Gasteiger partial charge in [-0.25, -0.2) is 4.98 Å². The molecule has 0 atom stereocenters. The minimum Gasteiger partial charge on any atom is -0.398 e. The van der Waals surface area contributed by atoms with Gasteiger partial charge in [0.05, 0.1) is 5.56 Å². The number of nitrogens with one attached hydrogen (secondary N) is 1. The Morgan fingerprint density at radius 1 is 1.28 bits per heavy atom. The average molecular weight is 241 g/mol. The van der Waals surface area contributed by atoms with Crippen molar-refractivity contribution in [2.24, 2.45) is 0 Å². The first-order valence-electron chi connectivity index (χ1n) is 5.67. The zero-order valence-corrected chi connectivity index (χ0v) is 10.4. The van der Waals surface area contributed by atoms with Crippen LogP contribution in [0.2, 0.25) is 0 Å². The summed E-state index contributed by atoms with van der Waals surface area (Å²) in [6.07, 6.45) is 1.64. The van der Waals surface area contributed by atoms with Gasteiger partial charge in [-0.2, -0.15) is 0 Å². The van der Waals surface area contributed by atoms with Crippen molar-refractivity contribution in [1.82, 2.24) is 4.98 Å². The van der Waals surface area contributed by atoms with E-state index in [1.165, 1.54) is 0 Å². The van der Waals surface area contributed by atoms with Crippen LogP contribution in [-0.4, -0.2) is 10.9 Å². The molecule has 0 bridgehead atoms. The minimum absolute atomic E-state index is 0.241. The van der Waals surface area contributed by atoms with Gasteiger partial charge < -0.3 is 11.1 Å². The molecule has 1 heterocycles. The Labute approximate surface area is 106 Å². The van der Waals surface area contributed by atoms with Crippen molar-refractivity contribution in [3.05, 3.63) is 53.2 Å². The zero-order chi connectivity index (χ0) is 13.1. The molecule has 2 rings (SSSR count). The molecule has 3 N–H and O–H groups in total. The monoisotopic (exact) mass is 241 g/mol. The highest BCUT2D eigenvalue weighted by Gasteiger charge is 2.11. The van der Waals surface area contributed by atoms with E-state index in [2.05, 4.69) is 10.3 Å². The summed E-state index contributed by atoms with van der Waals surface area (Å²) in [5.74, 6) is 0.316. The third-order valence-electron chi connectivity index (χ3n) is 2.69. The fraction of sp³-hybridized carbons (Fsp3) is 0.143. The molecule has 1 amide bonds. The molecule has 0 aliphatic rings. The van der Waals surface area contributed by atoms with Gasteiger partial charge in [-0.3, -0.25) is 4.79 Å². The van der Waals surface area contributed by atoms with E-state index in [0.29, 0.717) is 17.1 Å². The number of anilines is 2. The maximum Gasteiger partial charge on any atom is 0.258 e. The number of nitrogen functional groups attached to an aromatic ring is 1. The smallest absolute Gasteiger partial charge is 0.258 e. The highest BCUT2D eigenvalue weighted by molar-refractivity contribution is 6.07. The molecule has 1 aromatic carbocycles.